The Morgan fingerprint density at radius 1 is 1.00 bits per heavy atom. The van der Waals surface area contributed by atoms with Gasteiger partial charge in [-0.15, -0.1) is 0 Å². The number of fused-ring (bicyclic) bond motifs is 1. The van der Waals surface area contributed by atoms with E-state index in [1.807, 2.05) is 41.3 Å². The van der Waals surface area contributed by atoms with Crippen LogP contribution in [0.15, 0.2) is 48.5 Å². The minimum atomic E-state index is 0.133. The first-order chi connectivity index (χ1) is 9.24. The largest absolute Gasteiger partial charge is 0.398 e. The fourth-order valence-corrected chi connectivity index (χ4v) is 2.48. The van der Waals surface area contributed by atoms with E-state index in [1.54, 1.807) is 0 Å². The topological polar surface area (TPSA) is 46.3 Å². The second-order valence-electron chi connectivity index (χ2n) is 4.89. The number of benzene rings is 2. The van der Waals surface area contributed by atoms with E-state index in [9.17, 15) is 4.79 Å². The smallest absolute Gasteiger partial charge is 0.227 e. The zero-order valence-corrected chi connectivity index (χ0v) is 10.7. The third-order valence-electron chi connectivity index (χ3n) is 3.59. The van der Waals surface area contributed by atoms with Crippen LogP contribution in [0, 0.1) is 0 Å². The van der Waals surface area contributed by atoms with Crippen LogP contribution in [0.1, 0.15) is 16.7 Å². The van der Waals surface area contributed by atoms with Gasteiger partial charge in [-0.1, -0.05) is 42.5 Å². The van der Waals surface area contributed by atoms with Gasteiger partial charge in [-0.2, -0.15) is 0 Å². The second kappa shape index (κ2) is 4.76. The number of hydrogen-bond donors (Lipinski definition) is 1. The molecule has 0 aromatic heterocycles. The van der Waals surface area contributed by atoms with Crippen molar-refractivity contribution in [2.24, 2.45) is 0 Å². The maximum Gasteiger partial charge on any atom is 0.227 e. The summed E-state index contributed by atoms with van der Waals surface area (Å²) in [5.41, 5.74) is 9.97. The first-order valence-corrected chi connectivity index (χ1v) is 6.42. The van der Waals surface area contributed by atoms with Crippen LogP contribution < -0.4 is 5.73 Å². The number of hydrogen-bond acceptors (Lipinski definition) is 2. The van der Waals surface area contributed by atoms with Gasteiger partial charge >= 0.3 is 0 Å². The van der Waals surface area contributed by atoms with Crippen molar-refractivity contribution in [2.45, 2.75) is 19.5 Å². The molecule has 0 saturated carbocycles. The standard InChI is InChI=1S/C16H16N2O/c17-15-8-4-3-5-12(15)9-16(19)18-10-13-6-1-2-7-14(13)11-18/h1-8H,9-11,17H2. The Hall–Kier alpha value is -2.29. The van der Waals surface area contributed by atoms with Crippen LogP contribution in [0.5, 0.6) is 0 Å². The molecule has 3 nitrogen and oxygen atoms in total. The van der Waals surface area contributed by atoms with Crippen LogP contribution in [0.4, 0.5) is 5.69 Å². The fraction of sp³-hybridized carbons (Fsp3) is 0.188. The van der Waals surface area contributed by atoms with Crippen LogP contribution in [-0.2, 0) is 24.3 Å². The van der Waals surface area contributed by atoms with Gasteiger partial charge in [-0.05, 0) is 22.8 Å². The van der Waals surface area contributed by atoms with Gasteiger partial charge in [-0.3, -0.25) is 4.79 Å². The van der Waals surface area contributed by atoms with Crippen LogP contribution in [0.25, 0.3) is 0 Å². The first kappa shape index (κ1) is 11.8. The van der Waals surface area contributed by atoms with Gasteiger partial charge in [-0.25, -0.2) is 0 Å². The third-order valence-corrected chi connectivity index (χ3v) is 3.59. The summed E-state index contributed by atoms with van der Waals surface area (Å²) >= 11 is 0. The number of nitrogens with zero attached hydrogens (tertiary/aromatic N) is 1. The molecular formula is C16H16N2O. The van der Waals surface area contributed by atoms with Crippen molar-refractivity contribution in [1.29, 1.82) is 0 Å². The van der Waals surface area contributed by atoms with Gasteiger partial charge in [0.25, 0.3) is 0 Å². The highest BCUT2D eigenvalue weighted by Crippen LogP contribution is 2.23. The van der Waals surface area contributed by atoms with E-state index in [1.165, 1.54) is 11.1 Å². The lowest BCUT2D eigenvalue weighted by Crippen LogP contribution is -2.27. The molecule has 0 bridgehead atoms. The lowest BCUT2D eigenvalue weighted by molar-refractivity contribution is -0.131. The van der Waals surface area contributed by atoms with Gasteiger partial charge < -0.3 is 10.6 Å². The third kappa shape index (κ3) is 2.32. The highest BCUT2D eigenvalue weighted by atomic mass is 16.2. The molecule has 0 radical (unpaired) electrons. The quantitative estimate of drug-likeness (QED) is 0.834. The monoisotopic (exact) mass is 252 g/mol. The summed E-state index contributed by atoms with van der Waals surface area (Å²) in [4.78, 5) is 14.2. The average Bonchev–Trinajstić information content (AvgIpc) is 2.85. The van der Waals surface area contributed by atoms with E-state index in [0.717, 1.165) is 5.56 Å². The van der Waals surface area contributed by atoms with Gasteiger partial charge in [0, 0.05) is 18.8 Å². The lowest BCUT2D eigenvalue weighted by atomic mass is 10.1. The second-order valence-corrected chi connectivity index (χ2v) is 4.89. The molecule has 2 aromatic rings. The Kier molecular flexibility index (Phi) is 2.95. The molecule has 1 amide bonds. The first-order valence-electron chi connectivity index (χ1n) is 6.42. The number of carbonyl (C=O) groups is 1. The molecule has 96 valence electrons. The average molecular weight is 252 g/mol. The molecule has 3 heteroatoms. The fourth-order valence-electron chi connectivity index (χ4n) is 2.48. The van der Waals surface area contributed by atoms with Crippen molar-refractivity contribution in [3.8, 4) is 0 Å². The van der Waals surface area contributed by atoms with E-state index < -0.39 is 0 Å². The Labute approximate surface area is 112 Å². The number of para-hydroxylation sites is 1. The molecular weight excluding hydrogens is 236 g/mol. The number of amides is 1. The molecule has 0 saturated heterocycles. The van der Waals surface area contributed by atoms with Gasteiger partial charge in [0.05, 0.1) is 6.42 Å². The van der Waals surface area contributed by atoms with Crippen LogP contribution in [0.3, 0.4) is 0 Å². The summed E-state index contributed by atoms with van der Waals surface area (Å²) < 4.78 is 0. The predicted octanol–water partition coefficient (Wildman–Crippen LogP) is 2.35. The number of carbonyl (C=O) groups excluding carboxylic acids is 1. The van der Waals surface area contributed by atoms with Crippen molar-refractivity contribution >= 4 is 11.6 Å². The molecule has 2 aromatic carbocycles. The highest BCUT2D eigenvalue weighted by Gasteiger charge is 2.22. The zero-order chi connectivity index (χ0) is 13.2. The summed E-state index contributed by atoms with van der Waals surface area (Å²) in [6.07, 6.45) is 0.376. The van der Waals surface area contributed by atoms with Crippen molar-refractivity contribution < 1.29 is 4.79 Å². The van der Waals surface area contributed by atoms with Crippen LogP contribution >= 0.6 is 0 Å². The van der Waals surface area contributed by atoms with Crippen molar-refractivity contribution in [2.75, 3.05) is 5.73 Å². The van der Waals surface area contributed by atoms with E-state index >= 15 is 0 Å². The summed E-state index contributed by atoms with van der Waals surface area (Å²) in [5, 5.41) is 0. The maximum atomic E-state index is 12.3. The Morgan fingerprint density at radius 3 is 2.21 bits per heavy atom. The number of anilines is 1. The summed E-state index contributed by atoms with van der Waals surface area (Å²) in [6.45, 7) is 1.42. The van der Waals surface area contributed by atoms with E-state index in [2.05, 4.69) is 12.1 Å². The minimum Gasteiger partial charge on any atom is -0.398 e. The van der Waals surface area contributed by atoms with Crippen molar-refractivity contribution in [3.63, 3.8) is 0 Å². The zero-order valence-electron chi connectivity index (χ0n) is 10.7. The lowest BCUT2D eigenvalue weighted by Gasteiger charge is -2.16. The SMILES string of the molecule is Nc1ccccc1CC(=O)N1Cc2ccccc2C1. The molecule has 3 rings (SSSR count). The van der Waals surface area contributed by atoms with Crippen molar-refractivity contribution in [1.82, 2.24) is 4.90 Å². The molecule has 1 aliphatic rings. The molecule has 0 aliphatic carbocycles. The number of rotatable bonds is 2. The normalized spacial score (nSPS) is 13.4. The van der Waals surface area contributed by atoms with E-state index in [0.29, 0.717) is 25.2 Å². The summed E-state index contributed by atoms with van der Waals surface area (Å²) in [5.74, 6) is 0.133. The molecule has 1 aliphatic heterocycles. The highest BCUT2D eigenvalue weighted by molar-refractivity contribution is 5.81. The maximum absolute atomic E-state index is 12.3. The van der Waals surface area contributed by atoms with E-state index in [4.69, 9.17) is 5.73 Å². The molecule has 2 N–H and O–H groups in total. The predicted molar refractivity (Wildman–Crippen MR) is 75.3 cm³/mol. The van der Waals surface area contributed by atoms with Gasteiger partial charge in [0.2, 0.25) is 5.91 Å². The van der Waals surface area contributed by atoms with Crippen LogP contribution in [-0.4, -0.2) is 10.8 Å². The summed E-state index contributed by atoms with van der Waals surface area (Å²) in [6, 6.07) is 15.7. The Bertz CT molecular complexity index is 597. The van der Waals surface area contributed by atoms with Crippen molar-refractivity contribution in [3.05, 3.63) is 65.2 Å². The van der Waals surface area contributed by atoms with Crippen LogP contribution in [0.2, 0.25) is 0 Å². The number of nitrogens with two attached hydrogens (primary N) is 1. The van der Waals surface area contributed by atoms with Gasteiger partial charge in [0.15, 0.2) is 0 Å². The van der Waals surface area contributed by atoms with E-state index in [-0.39, 0.29) is 5.91 Å². The minimum absolute atomic E-state index is 0.133. The molecule has 0 atom stereocenters. The Morgan fingerprint density at radius 2 is 1.58 bits per heavy atom. The molecule has 19 heavy (non-hydrogen) atoms. The molecule has 1 heterocycles. The summed E-state index contributed by atoms with van der Waals surface area (Å²) in [7, 11) is 0. The number of nitrogen functional groups attached to an aromatic ring is 1. The molecule has 0 spiro atoms. The van der Waals surface area contributed by atoms with Gasteiger partial charge in [0.1, 0.15) is 0 Å². The molecule has 0 fully saturated rings. The molecule has 0 unspecified atom stereocenters. The Balaban J connectivity index is 1.72.